The molecule has 1 aliphatic heterocycles. The first-order valence-electron chi connectivity index (χ1n) is 5.15. The molecule has 0 amide bonds. The average molecular weight is 241 g/mol. The lowest BCUT2D eigenvalue weighted by atomic mass is 9.74. The van der Waals surface area contributed by atoms with E-state index >= 15 is 0 Å². The van der Waals surface area contributed by atoms with Gasteiger partial charge >= 0.3 is 0 Å². The molecule has 1 saturated heterocycles. The quantitative estimate of drug-likeness (QED) is 0.818. The summed E-state index contributed by atoms with van der Waals surface area (Å²) in [5.41, 5.74) is 0.319. The Balaban J connectivity index is 0.00000128. The van der Waals surface area contributed by atoms with Crippen LogP contribution in [0.5, 0.6) is 0 Å². The molecule has 2 rings (SSSR count). The summed E-state index contributed by atoms with van der Waals surface area (Å²) in [6.45, 7) is 1.65. The molecule has 0 unspecified atom stereocenters. The molecule has 0 saturated carbocycles. The zero-order valence-corrected chi connectivity index (χ0v) is 9.69. The normalized spacial score (nSPS) is 18.2. The Labute approximate surface area is 101 Å². The van der Waals surface area contributed by atoms with Crippen LogP contribution in [0.3, 0.4) is 0 Å². The molecular formula is C12H14ClFN2. The van der Waals surface area contributed by atoms with E-state index in [9.17, 15) is 9.65 Å². The maximum Gasteiger partial charge on any atom is 0.123 e. The highest BCUT2D eigenvalue weighted by Crippen LogP contribution is 2.32. The van der Waals surface area contributed by atoms with E-state index in [1.54, 1.807) is 6.07 Å². The average Bonchev–Trinajstić information content (AvgIpc) is 2.30. The summed E-state index contributed by atoms with van der Waals surface area (Å²) in [6, 6.07) is 8.76. The Kier molecular flexibility index (Phi) is 4.28. The van der Waals surface area contributed by atoms with Crippen molar-refractivity contribution in [3.63, 3.8) is 0 Å². The molecule has 0 aromatic heterocycles. The minimum atomic E-state index is -0.493. The predicted octanol–water partition coefficient (Wildman–Crippen LogP) is 2.39. The van der Waals surface area contributed by atoms with E-state index in [-0.39, 0.29) is 18.2 Å². The first-order valence-corrected chi connectivity index (χ1v) is 5.15. The molecule has 1 aromatic carbocycles. The number of hydrogen-bond donors (Lipinski definition) is 1. The van der Waals surface area contributed by atoms with Crippen LogP contribution < -0.4 is 5.32 Å². The summed E-state index contributed by atoms with van der Waals surface area (Å²) >= 11 is 0. The van der Waals surface area contributed by atoms with Crippen molar-refractivity contribution in [1.82, 2.24) is 5.32 Å². The third-order valence-electron chi connectivity index (χ3n) is 3.05. The summed E-state index contributed by atoms with van der Waals surface area (Å²) in [4.78, 5) is 0. The smallest absolute Gasteiger partial charge is 0.123 e. The summed E-state index contributed by atoms with van der Waals surface area (Å²) in [7, 11) is 0. The minimum Gasteiger partial charge on any atom is -0.317 e. The summed E-state index contributed by atoms with van der Waals surface area (Å²) in [5.74, 6) is -0.263. The SMILES string of the molecule is Cl.N#CC1(c2cccc(F)c2)CCNCC1. The third-order valence-corrected chi connectivity index (χ3v) is 3.05. The second kappa shape index (κ2) is 5.29. The van der Waals surface area contributed by atoms with Crippen molar-refractivity contribution >= 4 is 12.4 Å². The molecule has 0 radical (unpaired) electrons. The van der Waals surface area contributed by atoms with Crippen LogP contribution in [0.4, 0.5) is 4.39 Å². The Morgan fingerprint density at radius 3 is 2.56 bits per heavy atom. The van der Waals surface area contributed by atoms with Crippen LogP contribution in [-0.4, -0.2) is 13.1 Å². The number of benzene rings is 1. The fourth-order valence-electron chi connectivity index (χ4n) is 2.10. The maximum atomic E-state index is 13.1. The van der Waals surface area contributed by atoms with Crippen LogP contribution in [0.25, 0.3) is 0 Å². The molecule has 0 bridgehead atoms. The van der Waals surface area contributed by atoms with Gasteiger partial charge in [0, 0.05) is 0 Å². The van der Waals surface area contributed by atoms with E-state index in [0.717, 1.165) is 31.5 Å². The zero-order valence-electron chi connectivity index (χ0n) is 8.87. The molecule has 1 aromatic rings. The van der Waals surface area contributed by atoms with Crippen LogP contribution in [0.15, 0.2) is 24.3 Å². The third kappa shape index (κ3) is 2.34. The molecule has 16 heavy (non-hydrogen) atoms. The van der Waals surface area contributed by atoms with Gasteiger partial charge in [-0.3, -0.25) is 0 Å². The van der Waals surface area contributed by atoms with Crippen molar-refractivity contribution in [2.24, 2.45) is 0 Å². The van der Waals surface area contributed by atoms with Gasteiger partial charge in [-0.1, -0.05) is 12.1 Å². The van der Waals surface area contributed by atoms with Gasteiger partial charge in [0.2, 0.25) is 0 Å². The van der Waals surface area contributed by atoms with E-state index < -0.39 is 5.41 Å². The van der Waals surface area contributed by atoms with Crippen LogP contribution in [-0.2, 0) is 5.41 Å². The molecular weight excluding hydrogens is 227 g/mol. The van der Waals surface area contributed by atoms with Crippen molar-refractivity contribution in [2.45, 2.75) is 18.3 Å². The first-order chi connectivity index (χ1) is 7.27. The fourth-order valence-corrected chi connectivity index (χ4v) is 2.10. The standard InChI is InChI=1S/C12H13FN2.ClH/c13-11-3-1-2-10(8-11)12(9-14)4-6-15-7-5-12;/h1-3,8,15H,4-7H2;1H. The molecule has 1 fully saturated rings. The summed E-state index contributed by atoms with van der Waals surface area (Å²) in [6.07, 6.45) is 1.51. The molecule has 4 heteroatoms. The van der Waals surface area contributed by atoms with Crippen LogP contribution in [0, 0.1) is 17.1 Å². The molecule has 1 heterocycles. The van der Waals surface area contributed by atoms with Crippen LogP contribution >= 0.6 is 12.4 Å². The fraction of sp³-hybridized carbons (Fsp3) is 0.417. The van der Waals surface area contributed by atoms with E-state index in [1.165, 1.54) is 12.1 Å². The monoisotopic (exact) mass is 240 g/mol. The number of nitrogens with one attached hydrogen (secondary N) is 1. The number of nitrogens with zero attached hydrogens (tertiary/aromatic N) is 1. The lowest BCUT2D eigenvalue weighted by Gasteiger charge is -2.31. The highest BCUT2D eigenvalue weighted by Gasteiger charge is 2.33. The van der Waals surface area contributed by atoms with Gasteiger partial charge in [-0.25, -0.2) is 4.39 Å². The van der Waals surface area contributed by atoms with Crippen LogP contribution in [0.1, 0.15) is 18.4 Å². The number of halogens is 2. The van der Waals surface area contributed by atoms with Gasteiger partial charge in [0.1, 0.15) is 5.82 Å². The van der Waals surface area contributed by atoms with Gasteiger partial charge in [-0.05, 0) is 43.6 Å². The molecule has 86 valence electrons. The minimum absolute atomic E-state index is 0. The first kappa shape index (κ1) is 13.0. The van der Waals surface area contributed by atoms with Gasteiger partial charge in [0.25, 0.3) is 0 Å². The predicted molar refractivity (Wildman–Crippen MR) is 63.0 cm³/mol. The summed E-state index contributed by atoms with van der Waals surface area (Å²) in [5, 5.41) is 12.5. The second-order valence-electron chi connectivity index (χ2n) is 3.95. The van der Waals surface area contributed by atoms with E-state index in [4.69, 9.17) is 0 Å². The second-order valence-corrected chi connectivity index (χ2v) is 3.95. The van der Waals surface area contributed by atoms with Gasteiger partial charge in [0.05, 0.1) is 11.5 Å². The van der Waals surface area contributed by atoms with E-state index in [2.05, 4.69) is 11.4 Å². The Bertz CT molecular complexity index is 394. The van der Waals surface area contributed by atoms with Crippen molar-refractivity contribution in [3.8, 4) is 6.07 Å². The number of hydrogen-bond acceptors (Lipinski definition) is 2. The highest BCUT2D eigenvalue weighted by atomic mass is 35.5. The molecule has 1 aliphatic rings. The Morgan fingerprint density at radius 2 is 2.00 bits per heavy atom. The number of nitriles is 1. The topological polar surface area (TPSA) is 35.8 Å². The van der Waals surface area contributed by atoms with Gasteiger partial charge in [-0.15, -0.1) is 12.4 Å². The van der Waals surface area contributed by atoms with Gasteiger partial charge in [0.15, 0.2) is 0 Å². The molecule has 1 N–H and O–H groups in total. The molecule has 2 nitrogen and oxygen atoms in total. The van der Waals surface area contributed by atoms with E-state index in [1.807, 2.05) is 6.07 Å². The Hall–Kier alpha value is -1.11. The molecule has 0 atom stereocenters. The van der Waals surface area contributed by atoms with Gasteiger partial charge < -0.3 is 5.32 Å². The molecule has 0 aliphatic carbocycles. The van der Waals surface area contributed by atoms with Crippen LogP contribution in [0.2, 0.25) is 0 Å². The van der Waals surface area contributed by atoms with Crippen molar-refractivity contribution in [3.05, 3.63) is 35.6 Å². The number of rotatable bonds is 1. The van der Waals surface area contributed by atoms with E-state index in [0.29, 0.717) is 0 Å². The van der Waals surface area contributed by atoms with Crippen molar-refractivity contribution < 1.29 is 4.39 Å². The zero-order chi connectivity index (χ0) is 10.7. The Morgan fingerprint density at radius 1 is 1.31 bits per heavy atom. The lowest BCUT2D eigenvalue weighted by molar-refractivity contribution is 0.381. The molecule has 0 spiro atoms. The number of piperidine rings is 1. The van der Waals surface area contributed by atoms with Crippen molar-refractivity contribution in [2.75, 3.05) is 13.1 Å². The lowest BCUT2D eigenvalue weighted by Crippen LogP contribution is -2.38. The van der Waals surface area contributed by atoms with Gasteiger partial charge in [-0.2, -0.15) is 5.26 Å². The maximum absolute atomic E-state index is 13.1. The summed E-state index contributed by atoms with van der Waals surface area (Å²) < 4.78 is 13.1. The van der Waals surface area contributed by atoms with Crippen molar-refractivity contribution in [1.29, 1.82) is 5.26 Å². The highest BCUT2D eigenvalue weighted by molar-refractivity contribution is 5.85. The largest absolute Gasteiger partial charge is 0.317 e.